The molecule has 1 atom stereocenters. The first kappa shape index (κ1) is 17.4. The lowest BCUT2D eigenvalue weighted by Gasteiger charge is -2.33. The Kier molecular flexibility index (Phi) is 5.63. The van der Waals surface area contributed by atoms with Crippen molar-refractivity contribution in [3.05, 3.63) is 23.8 Å². The van der Waals surface area contributed by atoms with Gasteiger partial charge in [0.2, 0.25) is 5.91 Å². The second-order valence-corrected chi connectivity index (χ2v) is 6.45. The standard InChI is InChI=1S/C18H25N3O4/c1-13(22)20-15-3-2-8-21(12-15)18(23)19-7-6-14-4-5-16-17(11-14)25-10-9-24-16/h4-5,11,15H,2-3,6-10,12H2,1H3,(H,19,23)(H,20,22)/t15-/m1/s1. The number of likely N-dealkylation sites (tertiary alicyclic amines) is 1. The number of carbonyl (C=O) groups excluding carboxylic acids is 2. The van der Waals surface area contributed by atoms with E-state index in [1.807, 2.05) is 18.2 Å². The minimum absolute atomic E-state index is 0.0501. The fraction of sp³-hybridized carbons (Fsp3) is 0.556. The quantitative estimate of drug-likeness (QED) is 0.861. The van der Waals surface area contributed by atoms with Gasteiger partial charge in [-0.15, -0.1) is 0 Å². The van der Waals surface area contributed by atoms with Crippen molar-refractivity contribution >= 4 is 11.9 Å². The maximum Gasteiger partial charge on any atom is 0.317 e. The minimum atomic E-state index is -0.0763. The molecule has 0 spiro atoms. The molecule has 1 aromatic carbocycles. The first-order chi connectivity index (χ1) is 12.1. The molecule has 0 aliphatic carbocycles. The summed E-state index contributed by atoms with van der Waals surface area (Å²) in [5.74, 6) is 1.49. The van der Waals surface area contributed by atoms with Crippen LogP contribution in [0.1, 0.15) is 25.3 Å². The highest BCUT2D eigenvalue weighted by atomic mass is 16.6. The van der Waals surface area contributed by atoms with Crippen LogP contribution in [0.15, 0.2) is 18.2 Å². The fourth-order valence-electron chi connectivity index (χ4n) is 3.24. The van der Waals surface area contributed by atoms with Crippen LogP contribution in [0.2, 0.25) is 0 Å². The zero-order valence-electron chi connectivity index (χ0n) is 14.5. The number of benzene rings is 1. The largest absolute Gasteiger partial charge is 0.486 e. The maximum atomic E-state index is 12.3. The average molecular weight is 347 g/mol. The summed E-state index contributed by atoms with van der Waals surface area (Å²) < 4.78 is 11.1. The van der Waals surface area contributed by atoms with Crippen molar-refractivity contribution in [2.24, 2.45) is 0 Å². The van der Waals surface area contributed by atoms with Crippen LogP contribution in [0.25, 0.3) is 0 Å². The molecule has 3 rings (SSSR count). The Balaban J connectivity index is 1.45. The SMILES string of the molecule is CC(=O)N[C@@H]1CCCN(C(=O)NCCc2ccc3c(c2)OCCO3)C1. The number of hydrogen-bond acceptors (Lipinski definition) is 4. The highest BCUT2D eigenvalue weighted by Gasteiger charge is 2.23. The van der Waals surface area contributed by atoms with Crippen LogP contribution in [0.3, 0.4) is 0 Å². The third-order valence-corrected chi connectivity index (χ3v) is 4.41. The Morgan fingerprint density at radius 2 is 2.04 bits per heavy atom. The van der Waals surface area contributed by atoms with E-state index in [-0.39, 0.29) is 18.0 Å². The Hall–Kier alpha value is -2.44. The summed E-state index contributed by atoms with van der Waals surface area (Å²) in [6, 6.07) is 5.85. The van der Waals surface area contributed by atoms with Gasteiger partial charge in [-0.05, 0) is 37.0 Å². The number of fused-ring (bicyclic) bond motifs is 1. The van der Waals surface area contributed by atoms with Gasteiger partial charge in [0, 0.05) is 32.6 Å². The molecule has 0 radical (unpaired) electrons. The van der Waals surface area contributed by atoms with E-state index in [0.717, 1.165) is 42.9 Å². The van der Waals surface area contributed by atoms with Crippen molar-refractivity contribution in [2.75, 3.05) is 32.8 Å². The molecule has 2 heterocycles. The molecule has 1 fully saturated rings. The molecule has 0 saturated carbocycles. The van der Waals surface area contributed by atoms with Crippen LogP contribution >= 0.6 is 0 Å². The van der Waals surface area contributed by atoms with E-state index < -0.39 is 0 Å². The molecule has 25 heavy (non-hydrogen) atoms. The number of rotatable bonds is 4. The minimum Gasteiger partial charge on any atom is -0.486 e. The molecule has 1 aromatic rings. The third kappa shape index (κ3) is 4.78. The molecule has 2 aliphatic heterocycles. The summed E-state index contributed by atoms with van der Waals surface area (Å²) in [6.45, 7) is 4.50. The van der Waals surface area contributed by atoms with Crippen LogP contribution < -0.4 is 20.1 Å². The molecule has 0 bridgehead atoms. The van der Waals surface area contributed by atoms with Crippen LogP contribution in [0.5, 0.6) is 11.5 Å². The smallest absolute Gasteiger partial charge is 0.317 e. The third-order valence-electron chi connectivity index (χ3n) is 4.41. The Morgan fingerprint density at radius 3 is 2.84 bits per heavy atom. The number of nitrogens with one attached hydrogen (secondary N) is 2. The second kappa shape index (κ2) is 8.09. The van der Waals surface area contributed by atoms with E-state index in [0.29, 0.717) is 26.3 Å². The van der Waals surface area contributed by atoms with Crippen molar-refractivity contribution < 1.29 is 19.1 Å². The van der Waals surface area contributed by atoms with Gasteiger partial charge in [0.25, 0.3) is 0 Å². The van der Waals surface area contributed by atoms with E-state index in [2.05, 4.69) is 10.6 Å². The summed E-state index contributed by atoms with van der Waals surface area (Å²) in [4.78, 5) is 25.3. The van der Waals surface area contributed by atoms with Gasteiger partial charge in [-0.1, -0.05) is 6.07 Å². The summed E-state index contributed by atoms with van der Waals surface area (Å²) in [5, 5.41) is 5.85. The monoisotopic (exact) mass is 347 g/mol. The number of hydrogen-bond donors (Lipinski definition) is 2. The number of nitrogens with zero attached hydrogens (tertiary/aromatic N) is 1. The lowest BCUT2D eigenvalue weighted by Crippen LogP contribution is -2.52. The first-order valence-corrected chi connectivity index (χ1v) is 8.80. The predicted octanol–water partition coefficient (Wildman–Crippen LogP) is 1.31. The number of carbonyl (C=O) groups is 2. The van der Waals surface area contributed by atoms with Gasteiger partial charge >= 0.3 is 6.03 Å². The Morgan fingerprint density at radius 1 is 1.24 bits per heavy atom. The van der Waals surface area contributed by atoms with E-state index in [1.165, 1.54) is 6.92 Å². The number of urea groups is 1. The summed E-state index contributed by atoms with van der Waals surface area (Å²) in [6.07, 6.45) is 2.55. The van der Waals surface area contributed by atoms with Gasteiger partial charge in [0.05, 0.1) is 0 Å². The van der Waals surface area contributed by atoms with E-state index in [9.17, 15) is 9.59 Å². The van der Waals surface area contributed by atoms with Crippen molar-refractivity contribution in [3.8, 4) is 11.5 Å². The molecule has 136 valence electrons. The lowest BCUT2D eigenvalue weighted by molar-refractivity contribution is -0.119. The van der Waals surface area contributed by atoms with Crippen molar-refractivity contribution in [1.82, 2.24) is 15.5 Å². The molecule has 3 amide bonds. The van der Waals surface area contributed by atoms with Crippen LogP contribution in [-0.4, -0.2) is 55.7 Å². The molecule has 1 saturated heterocycles. The molecule has 0 aromatic heterocycles. The highest BCUT2D eigenvalue weighted by Crippen LogP contribution is 2.30. The van der Waals surface area contributed by atoms with Gasteiger partial charge in [-0.2, -0.15) is 0 Å². The maximum absolute atomic E-state index is 12.3. The molecule has 7 nitrogen and oxygen atoms in total. The molecule has 7 heteroatoms. The highest BCUT2D eigenvalue weighted by molar-refractivity contribution is 5.75. The molecule has 0 unspecified atom stereocenters. The number of amides is 3. The van der Waals surface area contributed by atoms with Gasteiger partial charge < -0.3 is 25.0 Å². The van der Waals surface area contributed by atoms with Crippen molar-refractivity contribution in [1.29, 1.82) is 0 Å². The molecule has 2 N–H and O–H groups in total. The van der Waals surface area contributed by atoms with Crippen LogP contribution in [0, 0.1) is 0 Å². The van der Waals surface area contributed by atoms with Gasteiger partial charge in [-0.25, -0.2) is 4.79 Å². The van der Waals surface area contributed by atoms with Crippen molar-refractivity contribution in [2.45, 2.75) is 32.2 Å². The van der Waals surface area contributed by atoms with Crippen molar-refractivity contribution in [3.63, 3.8) is 0 Å². The van der Waals surface area contributed by atoms with E-state index >= 15 is 0 Å². The summed E-state index contributed by atoms with van der Waals surface area (Å²) in [7, 11) is 0. The zero-order chi connectivity index (χ0) is 17.6. The van der Waals surface area contributed by atoms with Gasteiger partial charge in [-0.3, -0.25) is 4.79 Å². The van der Waals surface area contributed by atoms with Crippen LogP contribution in [0.4, 0.5) is 4.79 Å². The zero-order valence-corrected chi connectivity index (χ0v) is 14.5. The van der Waals surface area contributed by atoms with E-state index in [1.54, 1.807) is 4.90 Å². The van der Waals surface area contributed by atoms with Gasteiger partial charge in [0.1, 0.15) is 13.2 Å². The average Bonchev–Trinajstić information content (AvgIpc) is 2.61. The molecule has 2 aliphatic rings. The topological polar surface area (TPSA) is 79.9 Å². The Bertz CT molecular complexity index is 635. The van der Waals surface area contributed by atoms with E-state index in [4.69, 9.17) is 9.47 Å². The predicted molar refractivity (Wildman–Crippen MR) is 92.9 cm³/mol. The number of piperidine rings is 1. The molecular weight excluding hydrogens is 322 g/mol. The first-order valence-electron chi connectivity index (χ1n) is 8.80. The molecular formula is C18H25N3O4. The fourth-order valence-corrected chi connectivity index (χ4v) is 3.24. The summed E-state index contributed by atoms with van der Waals surface area (Å²) in [5.41, 5.74) is 1.10. The second-order valence-electron chi connectivity index (χ2n) is 6.45. The number of ether oxygens (including phenoxy) is 2. The summed E-state index contributed by atoms with van der Waals surface area (Å²) >= 11 is 0. The lowest BCUT2D eigenvalue weighted by atomic mass is 10.1. The van der Waals surface area contributed by atoms with Gasteiger partial charge in [0.15, 0.2) is 11.5 Å². The Labute approximate surface area is 147 Å². The normalized spacial score (nSPS) is 19.2. The van der Waals surface area contributed by atoms with Crippen LogP contribution in [-0.2, 0) is 11.2 Å².